The van der Waals surface area contributed by atoms with Gasteiger partial charge in [0, 0.05) is 24.5 Å². The van der Waals surface area contributed by atoms with Crippen LogP contribution in [0.3, 0.4) is 0 Å². The van der Waals surface area contributed by atoms with E-state index in [1.165, 1.54) is 0 Å². The van der Waals surface area contributed by atoms with E-state index in [1.807, 2.05) is 36.5 Å². The van der Waals surface area contributed by atoms with E-state index in [0.29, 0.717) is 30.2 Å². The number of benzene rings is 2. The van der Waals surface area contributed by atoms with Crippen molar-refractivity contribution in [2.75, 3.05) is 20.3 Å². The largest absolute Gasteiger partial charge is 0.493 e. The minimum Gasteiger partial charge on any atom is -0.493 e. The van der Waals surface area contributed by atoms with E-state index in [0.717, 1.165) is 17.7 Å². The third-order valence-corrected chi connectivity index (χ3v) is 4.19. The molecule has 3 rings (SSSR count). The van der Waals surface area contributed by atoms with Crippen molar-refractivity contribution < 1.29 is 14.3 Å². The number of aromatic nitrogens is 2. The van der Waals surface area contributed by atoms with Crippen LogP contribution in [0.5, 0.6) is 11.5 Å². The lowest BCUT2D eigenvalue weighted by Crippen LogP contribution is -2.25. The predicted octanol–water partition coefficient (Wildman–Crippen LogP) is 3.42. The molecular formula is C22H23N3O3. The molecule has 0 bridgehead atoms. The highest BCUT2D eigenvalue weighted by molar-refractivity contribution is 5.94. The topological polar surface area (TPSA) is 65.4 Å². The van der Waals surface area contributed by atoms with Crippen LogP contribution in [-0.2, 0) is 6.42 Å². The van der Waals surface area contributed by atoms with Crippen LogP contribution in [0.1, 0.15) is 15.9 Å². The molecule has 6 heteroatoms. The Bertz CT molecular complexity index is 919. The zero-order chi connectivity index (χ0) is 19.8. The second-order valence-corrected chi connectivity index (χ2v) is 6.09. The highest BCUT2D eigenvalue weighted by Crippen LogP contribution is 2.28. The van der Waals surface area contributed by atoms with E-state index >= 15 is 0 Å². The molecular weight excluding hydrogens is 354 g/mol. The van der Waals surface area contributed by atoms with Crippen LogP contribution in [-0.4, -0.2) is 35.9 Å². The van der Waals surface area contributed by atoms with Crippen LogP contribution in [0.15, 0.2) is 73.6 Å². The Hall–Kier alpha value is -3.54. The van der Waals surface area contributed by atoms with E-state index in [2.05, 4.69) is 17.0 Å². The summed E-state index contributed by atoms with van der Waals surface area (Å²) in [4.78, 5) is 12.4. The number of carbonyl (C=O) groups excluding carboxylic acids is 1. The summed E-state index contributed by atoms with van der Waals surface area (Å²) in [5.74, 6) is 0.946. The lowest BCUT2D eigenvalue weighted by atomic mass is 10.1. The average molecular weight is 377 g/mol. The van der Waals surface area contributed by atoms with Gasteiger partial charge < -0.3 is 14.8 Å². The SMILES string of the molecule is C=CCOc1ccc(C(=O)NCCc2ccc(-n3cccn3)cc2)cc1OC. The normalized spacial score (nSPS) is 10.3. The Morgan fingerprint density at radius 3 is 2.71 bits per heavy atom. The summed E-state index contributed by atoms with van der Waals surface area (Å²) >= 11 is 0. The van der Waals surface area contributed by atoms with Gasteiger partial charge in [-0.2, -0.15) is 5.10 Å². The number of nitrogens with zero attached hydrogens (tertiary/aromatic N) is 2. The standard InChI is InChI=1S/C22H23N3O3/c1-3-15-28-20-10-7-18(16-21(20)27-2)22(26)23-13-11-17-5-8-19(9-6-17)25-14-4-12-24-25/h3-10,12,14,16H,1,11,13,15H2,2H3,(H,23,26). The Morgan fingerprint density at radius 1 is 1.21 bits per heavy atom. The van der Waals surface area contributed by atoms with Gasteiger partial charge in [0.1, 0.15) is 6.61 Å². The Labute approximate surface area is 164 Å². The fourth-order valence-electron chi connectivity index (χ4n) is 2.74. The Balaban J connectivity index is 1.54. The summed E-state index contributed by atoms with van der Waals surface area (Å²) in [5, 5.41) is 7.14. The van der Waals surface area contributed by atoms with Crippen molar-refractivity contribution in [1.29, 1.82) is 0 Å². The molecule has 6 nitrogen and oxygen atoms in total. The van der Waals surface area contributed by atoms with Crippen LogP contribution in [0, 0.1) is 0 Å². The quantitative estimate of drug-likeness (QED) is 0.581. The molecule has 144 valence electrons. The smallest absolute Gasteiger partial charge is 0.251 e. The van der Waals surface area contributed by atoms with Gasteiger partial charge in [0.05, 0.1) is 12.8 Å². The number of amides is 1. The molecule has 1 heterocycles. The fraction of sp³-hybridized carbons (Fsp3) is 0.182. The molecule has 0 atom stereocenters. The van der Waals surface area contributed by atoms with Crippen molar-refractivity contribution in [1.82, 2.24) is 15.1 Å². The van der Waals surface area contributed by atoms with Crippen LogP contribution < -0.4 is 14.8 Å². The van der Waals surface area contributed by atoms with Crippen molar-refractivity contribution >= 4 is 5.91 Å². The first-order valence-corrected chi connectivity index (χ1v) is 9.00. The number of hydrogen-bond acceptors (Lipinski definition) is 4. The van der Waals surface area contributed by atoms with Gasteiger partial charge in [0.2, 0.25) is 0 Å². The molecule has 0 aliphatic carbocycles. The van der Waals surface area contributed by atoms with E-state index in [9.17, 15) is 4.79 Å². The monoisotopic (exact) mass is 377 g/mol. The van der Waals surface area contributed by atoms with Crippen LogP contribution in [0.25, 0.3) is 5.69 Å². The van der Waals surface area contributed by atoms with E-state index in [1.54, 1.807) is 42.3 Å². The molecule has 2 aromatic carbocycles. The van der Waals surface area contributed by atoms with Crippen LogP contribution in [0.2, 0.25) is 0 Å². The highest BCUT2D eigenvalue weighted by atomic mass is 16.5. The average Bonchev–Trinajstić information content (AvgIpc) is 3.27. The van der Waals surface area contributed by atoms with Gasteiger partial charge in [-0.15, -0.1) is 0 Å². The molecule has 1 aromatic heterocycles. The highest BCUT2D eigenvalue weighted by Gasteiger charge is 2.11. The first kappa shape index (κ1) is 19.2. The second kappa shape index (κ2) is 9.41. The molecule has 0 aliphatic rings. The Morgan fingerprint density at radius 2 is 2.04 bits per heavy atom. The molecule has 0 spiro atoms. The molecule has 1 N–H and O–H groups in total. The number of hydrogen-bond donors (Lipinski definition) is 1. The number of ether oxygens (including phenoxy) is 2. The fourth-order valence-corrected chi connectivity index (χ4v) is 2.74. The molecule has 0 aliphatic heterocycles. The summed E-state index contributed by atoms with van der Waals surface area (Å²) in [5.41, 5.74) is 2.67. The summed E-state index contributed by atoms with van der Waals surface area (Å²) in [6.07, 6.45) is 6.04. The van der Waals surface area contributed by atoms with E-state index in [-0.39, 0.29) is 5.91 Å². The minimum atomic E-state index is -0.151. The lowest BCUT2D eigenvalue weighted by molar-refractivity contribution is 0.0953. The Kier molecular flexibility index (Phi) is 6.46. The maximum absolute atomic E-state index is 12.4. The van der Waals surface area contributed by atoms with E-state index in [4.69, 9.17) is 9.47 Å². The zero-order valence-electron chi connectivity index (χ0n) is 15.8. The molecule has 0 saturated heterocycles. The second-order valence-electron chi connectivity index (χ2n) is 6.09. The van der Waals surface area contributed by atoms with Gasteiger partial charge in [-0.1, -0.05) is 24.8 Å². The van der Waals surface area contributed by atoms with Crippen LogP contribution in [0.4, 0.5) is 0 Å². The van der Waals surface area contributed by atoms with Crippen molar-refractivity contribution in [2.24, 2.45) is 0 Å². The minimum absolute atomic E-state index is 0.151. The number of nitrogens with one attached hydrogen (secondary N) is 1. The predicted molar refractivity (Wildman–Crippen MR) is 108 cm³/mol. The molecule has 28 heavy (non-hydrogen) atoms. The summed E-state index contributed by atoms with van der Waals surface area (Å²) < 4.78 is 12.6. The maximum atomic E-state index is 12.4. The molecule has 3 aromatic rings. The summed E-state index contributed by atoms with van der Waals surface area (Å²) in [6, 6.07) is 15.1. The van der Waals surface area contributed by atoms with Gasteiger partial charge >= 0.3 is 0 Å². The van der Waals surface area contributed by atoms with Crippen molar-refractivity contribution in [3.05, 3.63) is 84.7 Å². The number of rotatable bonds is 9. The summed E-state index contributed by atoms with van der Waals surface area (Å²) in [6.45, 7) is 4.53. The third-order valence-electron chi connectivity index (χ3n) is 4.19. The molecule has 0 radical (unpaired) electrons. The van der Waals surface area contributed by atoms with E-state index < -0.39 is 0 Å². The molecule has 0 saturated carbocycles. The first-order valence-electron chi connectivity index (χ1n) is 9.00. The lowest BCUT2D eigenvalue weighted by Gasteiger charge is -2.11. The molecule has 1 amide bonds. The zero-order valence-corrected chi connectivity index (χ0v) is 15.8. The van der Waals surface area contributed by atoms with Gasteiger partial charge in [-0.25, -0.2) is 4.68 Å². The number of methoxy groups -OCH3 is 1. The van der Waals surface area contributed by atoms with Crippen molar-refractivity contribution in [2.45, 2.75) is 6.42 Å². The first-order chi connectivity index (χ1) is 13.7. The molecule has 0 fully saturated rings. The third kappa shape index (κ3) is 4.79. The number of carbonyl (C=O) groups is 1. The van der Waals surface area contributed by atoms with Gasteiger partial charge in [0.15, 0.2) is 11.5 Å². The maximum Gasteiger partial charge on any atom is 0.251 e. The van der Waals surface area contributed by atoms with Crippen molar-refractivity contribution in [3.8, 4) is 17.2 Å². The van der Waals surface area contributed by atoms with Gasteiger partial charge in [-0.3, -0.25) is 4.79 Å². The van der Waals surface area contributed by atoms with Crippen molar-refractivity contribution in [3.63, 3.8) is 0 Å². The van der Waals surface area contributed by atoms with Gasteiger partial charge in [0.25, 0.3) is 5.91 Å². The van der Waals surface area contributed by atoms with Crippen LogP contribution >= 0.6 is 0 Å². The molecule has 0 unspecified atom stereocenters. The van der Waals surface area contributed by atoms with Gasteiger partial charge in [-0.05, 0) is 48.4 Å². The summed E-state index contributed by atoms with van der Waals surface area (Å²) in [7, 11) is 1.55.